The van der Waals surface area contributed by atoms with Gasteiger partial charge in [-0.25, -0.2) is 4.39 Å². The van der Waals surface area contributed by atoms with Gasteiger partial charge in [0.1, 0.15) is 6.04 Å². The highest BCUT2D eigenvalue weighted by Gasteiger charge is 2.24. The molecule has 0 aliphatic carbocycles. The maximum Gasteiger partial charge on any atom is 0.325 e. The Bertz CT molecular complexity index is 397. The van der Waals surface area contributed by atoms with Crippen molar-refractivity contribution in [2.45, 2.75) is 6.04 Å². The Morgan fingerprint density at radius 1 is 1.67 bits per heavy atom. The highest BCUT2D eigenvalue weighted by atomic mass is 35.5. The third-order valence-electron chi connectivity index (χ3n) is 1.88. The first kappa shape index (κ1) is 11.7. The quantitative estimate of drug-likeness (QED) is 0.831. The first-order valence-corrected chi connectivity index (χ1v) is 4.37. The molecule has 0 radical (unpaired) electrons. The van der Waals surface area contributed by atoms with E-state index in [-0.39, 0.29) is 16.3 Å². The van der Waals surface area contributed by atoms with E-state index in [1.54, 1.807) is 0 Å². The Kier molecular flexibility index (Phi) is 3.49. The predicted molar refractivity (Wildman–Crippen MR) is 52.5 cm³/mol. The molecule has 1 unspecified atom stereocenters. The van der Waals surface area contributed by atoms with Crippen LogP contribution in [-0.2, 0) is 4.79 Å². The van der Waals surface area contributed by atoms with Gasteiger partial charge in [-0.05, 0) is 12.1 Å². The third-order valence-corrected chi connectivity index (χ3v) is 2.21. The van der Waals surface area contributed by atoms with Crippen molar-refractivity contribution in [3.8, 4) is 5.75 Å². The van der Waals surface area contributed by atoms with Crippen molar-refractivity contribution >= 4 is 17.6 Å². The lowest BCUT2D eigenvalue weighted by atomic mass is 10.1. The van der Waals surface area contributed by atoms with E-state index >= 15 is 0 Å². The molecule has 0 amide bonds. The Balaban J connectivity index is 3.37. The number of nitrogens with two attached hydrogens (primary N) is 1. The van der Waals surface area contributed by atoms with Crippen LogP contribution < -0.4 is 10.5 Å². The summed E-state index contributed by atoms with van der Waals surface area (Å²) in [5, 5.41) is 8.77. The van der Waals surface area contributed by atoms with Crippen LogP contribution in [0.1, 0.15) is 11.6 Å². The molecule has 0 bridgehead atoms. The summed E-state index contributed by atoms with van der Waals surface area (Å²) in [4.78, 5) is 10.7. The summed E-state index contributed by atoms with van der Waals surface area (Å²) >= 11 is 5.73. The van der Waals surface area contributed by atoms with Crippen LogP contribution in [0, 0.1) is 5.82 Å². The fourth-order valence-corrected chi connectivity index (χ4v) is 1.44. The predicted octanol–water partition coefficient (Wildman–Crippen LogP) is 1.57. The highest BCUT2D eigenvalue weighted by Crippen LogP contribution is 2.33. The summed E-state index contributed by atoms with van der Waals surface area (Å²) in [7, 11) is 1.22. The topological polar surface area (TPSA) is 72.5 Å². The number of hydrogen-bond acceptors (Lipinski definition) is 3. The molecule has 1 rings (SSSR count). The van der Waals surface area contributed by atoms with Gasteiger partial charge < -0.3 is 15.6 Å². The molecule has 0 aliphatic rings. The number of benzene rings is 1. The maximum atomic E-state index is 13.2. The number of methoxy groups -OCH3 is 1. The van der Waals surface area contributed by atoms with Gasteiger partial charge in [0, 0.05) is 10.6 Å². The van der Waals surface area contributed by atoms with Crippen molar-refractivity contribution in [2.75, 3.05) is 7.11 Å². The van der Waals surface area contributed by atoms with Crippen molar-refractivity contribution in [3.63, 3.8) is 0 Å². The molecule has 0 saturated carbocycles. The maximum absolute atomic E-state index is 13.2. The van der Waals surface area contributed by atoms with Gasteiger partial charge in [0.2, 0.25) is 0 Å². The zero-order valence-corrected chi connectivity index (χ0v) is 8.58. The smallest absolute Gasteiger partial charge is 0.325 e. The van der Waals surface area contributed by atoms with Crippen molar-refractivity contribution in [1.29, 1.82) is 0 Å². The minimum atomic E-state index is -1.41. The Morgan fingerprint density at radius 2 is 2.27 bits per heavy atom. The van der Waals surface area contributed by atoms with Crippen LogP contribution in [0.5, 0.6) is 5.75 Å². The van der Waals surface area contributed by atoms with Crippen molar-refractivity contribution in [1.82, 2.24) is 0 Å². The molecule has 0 saturated heterocycles. The second kappa shape index (κ2) is 4.46. The summed E-state index contributed by atoms with van der Waals surface area (Å²) in [5.74, 6) is -2.24. The monoisotopic (exact) mass is 233 g/mol. The van der Waals surface area contributed by atoms with E-state index in [4.69, 9.17) is 27.2 Å². The lowest BCUT2D eigenvalue weighted by Gasteiger charge is -2.14. The molecule has 6 heteroatoms. The lowest BCUT2D eigenvalue weighted by molar-refractivity contribution is -0.138. The Labute approximate surface area is 90.4 Å². The van der Waals surface area contributed by atoms with Crippen LogP contribution in [0.2, 0.25) is 5.02 Å². The van der Waals surface area contributed by atoms with E-state index in [0.717, 1.165) is 6.07 Å². The number of hydrogen-bond donors (Lipinski definition) is 2. The average molecular weight is 234 g/mol. The number of rotatable bonds is 3. The Hall–Kier alpha value is -1.33. The van der Waals surface area contributed by atoms with Gasteiger partial charge in [-0.15, -0.1) is 0 Å². The SMILES string of the molecule is COc1c(F)ccc(Cl)c1C(N)C(=O)O. The molecule has 4 nitrogen and oxygen atoms in total. The molecule has 1 atom stereocenters. The van der Waals surface area contributed by atoms with Crippen molar-refractivity contribution in [3.05, 3.63) is 28.5 Å². The minimum absolute atomic E-state index is 0.0585. The van der Waals surface area contributed by atoms with Gasteiger partial charge in [-0.2, -0.15) is 0 Å². The summed E-state index contributed by atoms with van der Waals surface area (Å²) in [6.07, 6.45) is 0. The van der Waals surface area contributed by atoms with E-state index in [1.165, 1.54) is 13.2 Å². The van der Waals surface area contributed by atoms with Crippen LogP contribution in [0.25, 0.3) is 0 Å². The van der Waals surface area contributed by atoms with Crippen LogP contribution in [0.3, 0.4) is 0 Å². The first-order chi connectivity index (χ1) is 6.99. The van der Waals surface area contributed by atoms with E-state index < -0.39 is 17.8 Å². The molecule has 1 aromatic rings. The lowest BCUT2D eigenvalue weighted by Crippen LogP contribution is -2.22. The average Bonchev–Trinajstić information content (AvgIpc) is 2.19. The molecule has 0 heterocycles. The first-order valence-electron chi connectivity index (χ1n) is 3.99. The van der Waals surface area contributed by atoms with Gasteiger partial charge in [0.05, 0.1) is 7.11 Å². The second-order valence-corrected chi connectivity index (χ2v) is 3.20. The molecule has 0 aromatic heterocycles. The third kappa shape index (κ3) is 2.19. The zero-order valence-electron chi connectivity index (χ0n) is 7.83. The molecule has 15 heavy (non-hydrogen) atoms. The van der Waals surface area contributed by atoms with E-state index in [0.29, 0.717) is 0 Å². The number of carboxylic acids is 1. The fourth-order valence-electron chi connectivity index (χ4n) is 1.17. The van der Waals surface area contributed by atoms with Crippen LogP contribution in [0.4, 0.5) is 4.39 Å². The number of carbonyl (C=O) groups is 1. The molecular formula is C9H9ClFNO3. The van der Waals surface area contributed by atoms with Crippen molar-refractivity contribution < 1.29 is 19.0 Å². The summed E-state index contributed by atoms with van der Waals surface area (Å²) < 4.78 is 17.9. The normalized spacial score (nSPS) is 12.3. The van der Waals surface area contributed by atoms with E-state index in [9.17, 15) is 9.18 Å². The number of aliphatic carboxylic acids is 1. The minimum Gasteiger partial charge on any atom is -0.493 e. The molecule has 0 fully saturated rings. The summed E-state index contributed by atoms with van der Waals surface area (Å²) in [6.45, 7) is 0. The van der Waals surface area contributed by atoms with Crippen molar-refractivity contribution in [2.24, 2.45) is 5.73 Å². The van der Waals surface area contributed by atoms with Gasteiger partial charge in [0.15, 0.2) is 11.6 Å². The summed E-state index contributed by atoms with van der Waals surface area (Å²) in [5.41, 5.74) is 5.29. The molecule has 1 aromatic carbocycles. The van der Waals surface area contributed by atoms with Crippen LogP contribution in [0.15, 0.2) is 12.1 Å². The van der Waals surface area contributed by atoms with E-state index in [1.807, 2.05) is 0 Å². The molecule has 0 spiro atoms. The second-order valence-electron chi connectivity index (χ2n) is 2.79. The number of halogens is 2. The highest BCUT2D eigenvalue weighted by molar-refractivity contribution is 6.31. The van der Waals surface area contributed by atoms with Gasteiger partial charge in [-0.1, -0.05) is 11.6 Å². The zero-order chi connectivity index (χ0) is 11.6. The van der Waals surface area contributed by atoms with Crippen LogP contribution >= 0.6 is 11.6 Å². The van der Waals surface area contributed by atoms with Crippen LogP contribution in [-0.4, -0.2) is 18.2 Å². The number of carboxylic acid groups (broad SMARTS) is 1. The molecule has 3 N–H and O–H groups in total. The summed E-state index contributed by atoms with van der Waals surface area (Å²) in [6, 6.07) is 0.902. The standard InChI is InChI=1S/C9H9ClFNO3/c1-15-8-5(11)3-2-4(10)6(8)7(12)9(13)14/h2-3,7H,12H2,1H3,(H,13,14). The van der Waals surface area contributed by atoms with Gasteiger partial charge >= 0.3 is 5.97 Å². The Morgan fingerprint density at radius 3 is 2.73 bits per heavy atom. The fraction of sp³-hybridized carbons (Fsp3) is 0.222. The molecular weight excluding hydrogens is 225 g/mol. The van der Waals surface area contributed by atoms with Gasteiger partial charge in [0.25, 0.3) is 0 Å². The number of ether oxygens (including phenoxy) is 1. The van der Waals surface area contributed by atoms with Gasteiger partial charge in [-0.3, -0.25) is 4.79 Å². The van der Waals surface area contributed by atoms with E-state index in [2.05, 4.69) is 0 Å². The largest absolute Gasteiger partial charge is 0.493 e. The molecule has 82 valence electrons. The molecule has 0 aliphatic heterocycles.